The average Bonchev–Trinajstić information content (AvgIpc) is 3.27. The highest BCUT2D eigenvalue weighted by molar-refractivity contribution is 7.13. The van der Waals surface area contributed by atoms with E-state index in [9.17, 15) is 9.59 Å². The van der Waals surface area contributed by atoms with Crippen LogP contribution in [0.2, 0.25) is 0 Å². The molecule has 0 unspecified atom stereocenters. The maximum absolute atomic E-state index is 12.3. The first-order valence-electron chi connectivity index (χ1n) is 8.94. The number of nitrogens with zero attached hydrogens (tertiary/aromatic N) is 2. The fraction of sp³-hybridized carbons (Fsp3) is 0.667. The number of amides is 1. The lowest BCUT2D eigenvalue weighted by Crippen LogP contribution is -2.38. The maximum atomic E-state index is 12.3. The SMILES string of the molecule is C[C@@H](OC(=O)c1ccc(CN2CCCCC2)s1)C(=O)N1CCCC1. The lowest BCUT2D eigenvalue weighted by Gasteiger charge is -2.25. The minimum absolute atomic E-state index is 0.0778. The summed E-state index contributed by atoms with van der Waals surface area (Å²) in [6.07, 6.45) is 5.21. The van der Waals surface area contributed by atoms with Crippen LogP contribution in [0.1, 0.15) is 53.6 Å². The van der Waals surface area contributed by atoms with Crippen LogP contribution in [0, 0.1) is 0 Å². The average molecular weight is 350 g/mol. The number of hydrogen-bond acceptors (Lipinski definition) is 5. The van der Waals surface area contributed by atoms with Crippen molar-refractivity contribution < 1.29 is 14.3 Å². The number of esters is 1. The molecule has 2 aliphatic heterocycles. The number of carbonyl (C=O) groups excluding carboxylic acids is 2. The Bertz CT molecular complexity index is 575. The summed E-state index contributed by atoms with van der Waals surface area (Å²) in [7, 11) is 0. The molecule has 0 spiro atoms. The molecule has 0 saturated carbocycles. The van der Waals surface area contributed by atoms with Crippen molar-refractivity contribution in [2.75, 3.05) is 26.2 Å². The van der Waals surface area contributed by atoms with Gasteiger partial charge < -0.3 is 9.64 Å². The highest BCUT2D eigenvalue weighted by Gasteiger charge is 2.26. The molecule has 5 nitrogen and oxygen atoms in total. The van der Waals surface area contributed by atoms with Crippen molar-refractivity contribution in [2.45, 2.75) is 51.7 Å². The molecule has 1 aromatic heterocycles. The normalized spacial score (nSPS) is 20.1. The van der Waals surface area contributed by atoms with Crippen molar-refractivity contribution in [3.8, 4) is 0 Å². The van der Waals surface area contributed by atoms with Gasteiger partial charge in [-0.25, -0.2) is 4.79 Å². The number of hydrogen-bond donors (Lipinski definition) is 0. The lowest BCUT2D eigenvalue weighted by atomic mass is 10.1. The molecule has 1 amide bonds. The summed E-state index contributed by atoms with van der Waals surface area (Å²) in [5, 5.41) is 0. The van der Waals surface area contributed by atoms with Gasteiger partial charge >= 0.3 is 5.97 Å². The Hall–Kier alpha value is -1.40. The molecule has 2 saturated heterocycles. The van der Waals surface area contributed by atoms with E-state index in [0.717, 1.165) is 45.6 Å². The molecule has 132 valence electrons. The maximum Gasteiger partial charge on any atom is 0.349 e. The number of ether oxygens (including phenoxy) is 1. The highest BCUT2D eigenvalue weighted by Crippen LogP contribution is 2.22. The van der Waals surface area contributed by atoms with E-state index in [1.807, 2.05) is 12.1 Å². The van der Waals surface area contributed by atoms with E-state index in [1.54, 1.807) is 11.8 Å². The molecular weight excluding hydrogens is 324 g/mol. The van der Waals surface area contributed by atoms with Crippen LogP contribution in [0.15, 0.2) is 12.1 Å². The predicted octanol–water partition coefficient (Wildman–Crippen LogP) is 2.90. The second-order valence-electron chi connectivity index (χ2n) is 6.68. The van der Waals surface area contributed by atoms with Crippen molar-refractivity contribution in [1.82, 2.24) is 9.80 Å². The van der Waals surface area contributed by atoms with Gasteiger partial charge in [0.15, 0.2) is 6.10 Å². The van der Waals surface area contributed by atoms with Crippen LogP contribution in [-0.4, -0.2) is 54.0 Å². The zero-order valence-corrected chi connectivity index (χ0v) is 15.1. The number of thiophene rings is 1. The van der Waals surface area contributed by atoms with Crippen LogP contribution in [0.5, 0.6) is 0 Å². The van der Waals surface area contributed by atoms with Gasteiger partial charge in [0.1, 0.15) is 4.88 Å². The van der Waals surface area contributed by atoms with Gasteiger partial charge in [-0.05, 0) is 57.8 Å². The van der Waals surface area contributed by atoms with Crippen LogP contribution in [-0.2, 0) is 16.1 Å². The van der Waals surface area contributed by atoms with Crippen LogP contribution < -0.4 is 0 Å². The van der Waals surface area contributed by atoms with Gasteiger partial charge in [-0.15, -0.1) is 11.3 Å². The van der Waals surface area contributed by atoms with Crippen molar-refractivity contribution >= 4 is 23.2 Å². The van der Waals surface area contributed by atoms with Gasteiger partial charge in [-0.2, -0.15) is 0 Å². The fourth-order valence-corrected chi connectivity index (χ4v) is 4.31. The lowest BCUT2D eigenvalue weighted by molar-refractivity contribution is -0.138. The topological polar surface area (TPSA) is 49.9 Å². The predicted molar refractivity (Wildman–Crippen MR) is 94.1 cm³/mol. The molecule has 2 fully saturated rings. The smallest absolute Gasteiger partial charge is 0.349 e. The van der Waals surface area contributed by atoms with Gasteiger partial charge in [0, 0.05) is 24.5 Å². The molecular formula is C18H26N2O3S. The van der Waals surface area contributed by atoms with E-state index in [1.165, 1.54) is 35.5 Å². The van der Waals surface area contributed by atoms with Gasteiger partial charge in [0.05, 0.1) is 0 Å². The fourth-order valence-electron chi connectivity index (χ4n) is 3.37. The summed E-state index contributed by atoms with van der Waals surface area (Å²) in [5.41, 5.74) is 0. The van der Waals surface area contributed by atoms with Crippen molar-refractivity contribution in [3.05, 3.63) is 21.9 Å². The molecule has 3 rings (SSSR count). The molecule has 0 aromatic carbocycles. The molecule has 24 heavy (non-hydrogen) atoms. The third-order valence-electron chi connectivity index (χ3n) is 4.74. The van der Waals surface area contributed by atoms with Crippen LogP contribution >= 0.6 is 11.3 Å². The van der Waals surface area contributed by atoms with Gasteiger partial charge in [-0.1, -0.05) is 6.42 Å². The van der Waals surface area contributed by atoms with Gasteiger partial charge in [-0.3, -0.25) is 9.69 Å². The zero-order valence-electron chi connectivity index (χ0n) is 14.3. The zero-order chi connectivity index (χ0) is 16.9. The number of carbonyl (C=O) groups is 2. The van der Waals surface area contributed by atoms with E-state index in [4.69, 9.17) is 4.74 Å². The first-order valence-corrected chi connectivity index (χ1v) is 9.76. The van der Waals surface area contributed by atoms with Crippen LogP contribution in [0.4, 0.5) is 0 Å². The molecule has 0 N–H and O–H groups in total. The minimum atomic E-state index is -0.705. The minimum Gasteiger partial charge on any atom is -0.448 e. The molecule has 3 heterocycles. The van der Waals surface area contributed by atoms with E-state index in [-0.39, 0.29) is 11.9 Å². The summed E-state index contributed by atoms with van der Waals surface area (Å²) in [6, 6.07) is 3.82. The number of rotatable bonds is 5. The van der Waals surface area contributed by atoms with Crippen molar-refractivity contribution in [2.24, 2.45) is 0 Å². The summed E-state index contributed by atoms with van der Waals surface area (Å²) in [4.78, 5) is 30.5. The molecule has 1 aromatic rings. The van der Waals surface area contributed by atoms with E-state index in [0.29, 0.717) is 4.88 Å². The number of likely N-dealkylation sites (tertiary alicyclic amines) is 2. The van der Waals surface area contributed by atoms with Gasteiger partial charge in [0.25, 0.3) is 5.91 Å². The molecule has 1 atom stereocenters. The van der Waals surface area contributed by atoms with E-state index in [2.05, 4.69) is 4.90 Å². The molecule has 0 radical (unpaired) electrons. The standard InChI is InChI=1S/C18H26N2O3S/c1-14(17(21)20-11-5-6-12-20)23-18(22)16-8-7-15(24-16)13-19-9-3-2-4-10-19/h7-8,14H,2-6,9-13H2,1H3/t14-/m1/s1. The molecule has 0 aliphatic carbocycles. The van der Waals surface area contributed by atoms with E-state index >= 15 is 0 Å². The second-order valence-corrected chi connectivity index (χ2v) is 7.85. The third-order valence-corrected chi connectivity index (χ3v) is 5.79. The number of piperidine rings is 1. The Balaban J connectivity index is 1.52. The quantitative estimate of drug-likeness (QED) is 0.766. The monoisotopic (exact) mass is 350 g/mol. The van der Waals surface area contributed by atoms with Crippen molar-refractivity contribution in [1.29, 1.82) is 0 Å². The summed E-state index contributed by atoms with van der Waals surface area (Å²) >= 11 is 1.48. The molecule has 2 aliphatic rings. The van der Waals surface area contributed by atoms with Crippen LogP contribution in [0.3, 0.4) is 0 Å². The van der Waals surface area contributed by atoms with E-state index < -0.39 is 6.10 Å². The first kappa shape index (κ1) is 17.4. The summed E-state index contributed by atoms with van der Waals surface area (Å²) < 4.78 is 5.38. The largest absolute Gasteiger partial charge is 0.448 e. The van der Waals surface area contributed by atoms with Crippen molar-refractivity contribution in [3.63, 3.8) is 0 Å². The molecule has 6 heteroatoms. The highest BCUT2D eigenvalue weighted by atomic mass is 32.1. The Morgan fingerprint density at radius 3 is 2.46 bits per heavy atom. The first-order chi connectivity index (χ1) is 11.6. The summed E-state index contributed by atoms with van der Waals surface area (Å²) in [6.45, 7) is 6.40. The molecule has 0 bridgehead atoms. The third kappa shape index (κ3) is 4.36. The summed E-state index contributed by atoms with van der Waals surface area (Å²) in [5.74, 6) is -0.462. The Morgan fingerprint density at radius 2 is 1.75 bits per heavy atom. The second kappa shape index (κ2) is 8.12. The Labute approximate surface area is 147 Å². The van der Waals surface area contributed by atoms with Crippen LogP contribution in [0.25, 0.3) is 0 Å². The Morgan fingerprint density at radius 1 is 1.08 bits per heavy atom. The van der Waals surface area contributed by atoms with Gasteiger partial charge in [0.2, 0.25) is 0 Å². The Kier molecular flexibility index (Phi) is 5.89.